The minimum atomic E-state index is 0.329. The second kappa shape index (κ2) is 4.73. The number of para-hydroxylation sites is 1. The van der Waals surface area contributed by atoms with E-state index in [4.69, 9.17) is 12.2 Å². The highest BCUT2D eigenvalue weighted by Crippen LogP contribution is 2.62. The van der Waals surface area contributed by atoms with Crippen molar-refractivity contribution in [1.29, 1.82) is 0 Å². The normalized spacial score (nSPS) is 34.0. The Labute approximate surface area is 127 Å². The predicted octanol–water partition coefficient (Wildman–Crippen LogP) is 4.19. The first kappa shape index (κ1) is 13.9. The molecule has 3 atom stereocenters. The molecule has 0 aromatic heterocycles. The lowest BCUT2D eigenvalue weighted by molar-refractivity contribution is 0.126. The zero-order valence-corrected chi connectivity index (χ0v) is 13.4. The molecule has 2 nitrogen and oxygen atoms in total. The smallest absolute Gasteiger partial charge is 0.171 e. The molecule has 2 aliphatic rings. The Morgan fingerprint density at radius 2 is 1.90 bits per heavy atom. The van der Waals surface area contributed by atoms with E-state index in [1.165, 1.54) is 19.3 Å². The van der Waals surface area contributed by atoms with Crippen LogP contribution in [0.3, 0.4) is 0 Å². The van der Waals surface area contributed by atoms with Gasteiger partial charge in [0.2, 0.25) is 0 Å². The molecule has 0 spiro atoms. The van der Waals surface area contributed by atoms with Crippen LogP contribution in [0.4, 0.5) is 5.69 Å². The van der Waals surface area contributed by atoms with Gasteiger partial charge >= 0.3 is 0 Å². The van der Waals surface area contributed by atoms with Gasteiger partial charge in [-0.2, -0.15) is 0 Å². The molecule has 2 saturated carbocycles. The summed E-state index contributed by atoms with van der Waals surface area (Å²) in [6.45, 7) is 7.21. The van der Waals surface area contributed by atoms with Crippen LogP contribution < -0.4 is 10.6 Å². The molecule has 1 aromatic carbocycles. The van der Waals surface area contributed by atoms with Crippen molar-refractivity contribution in [3.8, 4) is 0 Å². The largest absolute Gasteiger partial charge is 0.359 e. The molecule has 0 radical (unpaired) electrons. The topological polar surface area (TPSA) is 24.1 Å². The van der Waals surface area contributed by atoms with Crippen molar-refractivity contribution in [3.63, 3.8) is 0 Å². The highest BCUT2D eigenvalue weighted by Gasteiger charge is 2.59. The van der Waals surface area contributed by atoms with Gasteiger partial charge in [-0.15, -0.1) is 0 Å². The zero-order valence-electron chi connectivity index (χ0n) is 12.6. The Kier molecular flexibility index (Phi) is 3.28. The molecule has 0 saturated heterocycles. The van der Waals surface area contributed by atoms with Crippen LogP contribution in [-0.4, -0.2) is 11.2 Å². The first-order valence-corrected chi connectivity index (χ1v) is 7.95. The van der Waals surface area contributed by atoms with Crippen molar-refractivity contribution >= 4 is 23.0 Å². The first-order valence-electron chi connectivity index (χ1n) is 7.54. The SMILES string of the molecule is CC12CCC(C1)C(C)(C)C2NC(=S)Nc1ccccc1. The van der Waals surface area contributed by atoms with E-state index in [9.17, 15) is 0 Å². The van der Waals surface area contributed by atoms with Gasteiger partial charge in [-0.3, -0.25) is 0 Å². The minimum absolute atomic E-state index is 0.329. The fraction of sp³-hybridized carbons (Fsp3) is 0.588. The Bertz CT molecular complexity index is 506. The highest BCUT2D eigenvalue weighted by molar-refractivity contribution is 7.80. The van der Waals surface area contributed by atoms with Crippen LogP contribution in [0.2, 0.25) is 0 Å². The third kappa shape index (κ3) is 2.22. The van der Waals surface area contributed by atoms with Crippen molar-refractivity contribution in [2.24, 2.45) is 16.7 Å². The van der Waals surface area contributed by atoms with E-state index in [0.29, 0.717) is 16.9 Å². The quantitative estimate of drug-likeness (QED) is 0.798. The monoisotopic (exact) mass is 288 g/mol. The average molecular weight is 288 g/mol. The van der Waals surface area contributed by atoms with Gasteiger partial charge in [0.15, 0.2) is 5.11 Å². The van der Waals surface area contributed by atoms with Crippen molar-refractivity contribution in [1.82, 2.24) is 5.32 Å². The maximum absolute atomic E-state index is 5.52. The third-order valence-corrected chi connectivity index (χ3v) is 5.80. The average Bonchev–Trinajstić information content (AvgIpc) is 2.87. The van der Waals surface area contributed by atoms with E-state index < -0.39 is 0 Å². The molecule has 0 aliphatic heterocycles. The number of hydrogen-bond donors (Lipinski definition) is 2. The summed E-state index contributed by atoms with van der Waals surface area (Å²) in [6, 6.07) is 10.6. The number of hydrogen-bond acceptors (Lipinski definition) is 1. The minimum Gasteiger partial charge on any atom is -0.359 e. The molecule has 2 N–H and O–H groups in total. The zero-order chi connectivity index (χ0) is 14.4. The summed E-state index contributed by atoms with van der Waals surface area (Å²) in [7, 11) is 0. The predicted molar refractivity (Wildman–Crippen MR) is 88.8 cm³/mol. The lowest BCUT2D eigenvalue weighted by Gasteiger charge is -2.43. The number of rotatable bonds is 2. The molecule has 1 aromatic rings. The number of anilines is 1. The number of nitrogens with one attached hydrogen (secondary N) is 2. The Morgan fingerprint density at radius 1 is 1.20 bits per heavy atom. The summed E-state index contributed by atoms with van der Waals surface area (Å²) in [5, 5.41) is 7.67. The molecule has 0 heterocycles. The highest BCUT2D eigenvalue weighted by atomic mass is 32.1. The standard InChI is InChI=1S/C17H24N2S/c1-16(2)12-9-10-17(3,11-12)14(16)19-15(20)18-13-7-5-4-6-8-13/h4-8,12,14H,9-11H2,1-3H3,(H2,18,19,20). The first-order chi connectivity index (χ1) is 9.42. The molecule has 0 amide bonds. The summed E-state index contributed by atoms with van der Waals surface area (Å²) in [6.07, 6.45) is 4.04. The fourth-order valence-corrected chi connectivity index (χ4v) is 4.72. The van der Waals surface area contributed by atoms with E-state index in [0.717, 1.165) is 16.7 Å². The Morgan fingerprint density at radius 3 is 2.50 bits per heavy atom. The summed E-state index contributed by atoms with van der Waals surface area (Å²) < 4.78 is 0. The van der Waals surface area contributed by atoms with Crippen LogP contribution in [0.15, 0.2) is 30.3 Å². The second-order valence-electron chi connectivity index (χ2n) is 7.31. The van der Waals surface area contributed by atoms with E-state index in [2.05, 4.69) is 31.4 Å². The van der Waals surface area contributed by atoms with Gasteiger partial charge in [0.25, 0.3) is 0 Å². The van der Waals surface area contributed by atoms with Gasteiger partial charge in [0.1, 0.15) is 0 Å². The molecule has 3 heteroatoms. The Hall–Kier alpha value is -1.09. The van der Waals surface area contributed by atoms with Crippen LogP contribution in [0.1, 0.15) is 40.0 Å². The molecule has 3 unspecified atom stereocenters. The van der Waals surface area contributed by atoms with Gasteiger partial charge in [0.05, 0.1) is 0 Å². The molecule has 20 heavy (non-hydrogen) atoms. The van der Waals surface area contributed by atoms with Crippen molar-refractivity contribution in [2.75, 3.05) is 5.32 Å². The van der Waals surface area contributed by atoms with Crippen LogP contribution in [-0.2, 0) is 0 Å². The van der Waals surface area contributed by atoms with Gasteiger partial charge in [0, 0.05) is 11.7 Å². The lowest BCUT2D eigenvalue weighted by atomic mass is 9.68. The summed E-state index contributed by atoms with van der Waals surface area (Å²) >= 11 is 5.52. The second-order valence-corrected chi connectivity index (χ2v) is 7.72. The van der Waals surface area contributed by atoms with Crippen molar-refractivity contribution < 1.29 is 0 Å². The fourth-order valence-electron chi connectivity index (χ4n) is 4.48. The number of benzene rings is 1. The van der Waals surface area contributed by atoms with E-state index in [1.54, 1.807) is 0 Å². The molecular weight excluding hydrogens is 264 g/mol. The van der Waals surface area contributed by atoms with E-state index in [1.807, 2.05) is 30.3 Å². The van der Waals surface area contributed by atoms with Gasteiger partial charge in [-0.05, 0) is 60.4 Å². The van der Waals surface area contributed by atoms with Crippen LogP contribution >= 0.6 is 12.2 Å². The maximum Gasteiger partial charge on any atom is 0.171 e. The van der Waals surface area contributed by atoms with E-state index >= 15 is 0 Å². The maximum atomic E-state index is 5.52. The van der Waals surface area contributed by atoms with Gasteiger partial charge in [-0.1, -0.05) is 39.0 Å². The van der Waals surface area contributed by atoms with Gasteiger partial charge < -0.3 is 10.6 Å². The van der Waals surface area contributed by atoms with Gasteiger partial charge in [-0.25, -0.2) is 0 Å². The van der Waals surface area contributed by atoms with Crippen molar-refractivity contribution in [2.45, 2.75) is 46.1 Å². The van der Waals surface area contributed by atoms with Crippen LogP contribution in [0.25, 0.3) is 0 Å². The summed E-state index contributed by atoms with van der Waals surface area (Å²) in [4.78, 5) is 0. The molecule has 3 rings (SSSR count). The molecule has 2 aliphatic carbocycles. The van der Waals surface area contributed by atoms with Crippen LogP contribution in [0.5, 0.6) is 0 Å². The third-order valence-electron chi connectivity index (χ3n) is 5.58. The van der Waals surface area contributed by atoms with Crippen molar-refractivity contribution in [3.05, 3.63) is 30.3 Å². The molecular formula is C17H24N2S. The van der Waals surface area contributed by atoms with Crippen LogP contribution in [0, 0.1) is 16.7 Å². The number of thiocarbonyl (C=S) groups is 1. The Balaban J connectivity index is 1.70. The molecule has 2 fully saturated rings. The molecule has 108 valence electrons. The lowest BCUT2D eigenvalue weighted by Crippen LogP contribution is -2.53. The summed E-state index contributed by atoms with van der Waals surface area (Å²) in [5.41, 5.74) is 1.78. The number of fused-ring (bicyclic) bond motifs is 2. The summed E-state index contributed by atoms with van der Waals surface area (Å²) in [5.74, 6) is 0.838. The molecule has 2 bridgehead atoms. The van der Waals surface area contributed by atoms with E-state index in [-0.39, 0.29) is 0 Å².